The van der Waals surface area contributed by atoms with Crippen LogP contribution in [-0.2, 0) is 16.0 Å². The molecule has 0 radical (unpaired) electrons. The molecule has 1 aromatic carbocycles. The Labute approximate surface area is 116 Å². The zero-order valence-electron chi connectivity index (χ0n) is 12.0. The van der Waals surface area contributed by atoms with Crippen LogP contribution in [0.15, 0.2) is 30.3 Å². The lowest BCUT2D eigenvalue weighted by molar-refractivity contribution is -0.146. The third-order valence-electron chi connectivity index (χ3n) is 2.59. The minimum Gasteiger partial charge on any atom is -0.449 e. The highest BCUT2D eigenvalue weighted by Gasteiger charge is 2.14. The molecule has 0 heterocycles. The van der Waals surface area contributed by atoms with Crippen molar-refractivity contribution < 1.29 is 9.53 Å². The van der Waals surface area contributed by atoms with Gasteiger partial charge in [0, 0.05) is 6.42 Å². The van der Waals surface area contributed by atoms with Crippen molar-refractivity contribution in [1.29, 1.82) is 0 Å². The molecule has 0 aliphatic carbocycles. The molecule has 0 aromatic heterocycles. The average molecular weight is 258 g/mol. The van der Waals surface area contributed by atoms with E-state index >= 15 is 0 Å². The molecule has 0 saturated heterocycles. The van der Waals surface area contributed by atoms with Crippen molar-refractivity contribution in [3.05, 3.63) is 35.9 Å². The summed E-state index contributed by atoms with van der Waals surface area (Å²) in [5, 5.41) is 0. The van der Waals surface area contributed by atoms with Crippen LogP contribution in [0.25, 0.3) is 0 Å². The van der Waals surface area contributed by atoms with Gasteiger partial charge in [0.1, 0.15) is 0 Å². The highest BCUT2D eigenvalue weighted by atomic mass is 16.5. The largest absolute Gasteiger partial charge is 0.449 e. The maximum absolute atomic E-state index is 11.9. The van der Waals surface area contributed by atoms with Gasteiger partial charge in [0.15, 0.2) is 6.10 Å². The number of carbonyl (C=O) groups excluding carboxylic acids is 1. The van der Waals surface area contributed by atoms with E-state index in [1.54, 1.807) is 0 Å². The first kappa shape index (κ1) is 15.3. The predicted molar refractivity (Wildman–Crippen MR) is 77.5 cm³/mol. The van der Waals surface area contributed by atoms with Gasteiger partial charge in [-0.05, 0) is 17.9 Å². The van der Waals surface area contributed by atoms with E-state index < -0.39 is 0 Å². The van der Waals surface area contributed by atoms with Crippen LogP contribution in [-0.4, -0.2) is 12.1 Å². The number of hydrogen-bond acceptors (Lipinski definition) is 2. The molecule has 102 valence electrons. The first-order valence-electron chi connectivity index (χ1n) is 6.83. The number of benzene rings is 1. The van der Waals surface area contributed by atoms with Gasteiger partial charge < -0.3 is 4.74 Å². The van der Waals surface area contributed by atoms with Crippen molar-refractivity contribution in [3.8, 4) is 11.8 Å². The van der Waals surface area contributed by atoms with Crippen LogP contribution in [0, 0.1) is 17.8 Å². The van der Waals surface area contributed by atoms with E-state index in [9.17, 15) is 4.79 Å². The lowest BCUT2D eigenvalue weighted by Crippen LogP contribution is -2.20. The maximum Gasteiger partial charge on any atom is 0.311 e. The van der Waals surface area contributed by atoms with Crippen molar-refractivity contribution >= 4 is 5.97 Å². The quantitative estimate of drug-likeness (QED) is 0.596. The fourth-order valence-electron chi connectivity index (χ4n) is 1.74. The summed E-state index contributed by atoms with van der Waals surface area (Å²) < 4.78 is 5.45. The molecule has 1 aromatic rings. The molecule has 1 unspecified atom stereocenters. The van der Waals surface area contributed by atoms with Gasteiger partial charge in [-0.1, -0.05) is 62.9 Å². The SMILES string of the molecule is CCC#CC(CC(C)C)OC(=O)Cc1ccccc1. The van der Waals surface area contributed by atoms with Crippen LogP contribution in [0.1, 0.15) is 39.2 Å². The predicted octanol–water partition coefficient (Wildman–Crippen LogP) is 3.60. The molecule has 0 N–H and O–H groups in total. The molecule has 1 atom stereocenters. The number of ether oxygens (including phenoxy) is 1. The molecule has 2 nitrogen and oxygen atoms in total. The Morgan fingerprint density at radius 1 is 1.26 bits per heavy atom. The molecule has 2 heteroatoms. The first-order chi connectivity index (χ1) is 9.11. The summed E-state index contributed by atoms with van der Waals surface area (Å²) in [6.45, 7) is 6.20. The highest BCUT2D eigenvalue weighted by Crippen LogP contribution is 2.10. The van der Waals surface area contributed by atoms with Gasteiger partial charge in [-0.3, -0.25) is 4.79 Å². The van der Waals surface area contributed by atoms with Crippen LogP contribution in [0.3, 0.4) is 0 Å². The third-order valence-corrected chi connectivity index (χ3v) is 2.59. The van der Waals surface area contributed by atoms with Gasteiger partial charge in [0.05, 0.1) is 6.42 Å². The van der Waals surface area contributed by atoms with E-state index in [4.69, 9.17) is 4.74 Å². The molecule has 0 aliphatic heterocycles. The minimum atomic E-state index is -0.281. The summed E-state index contributed by atoms with van der Waals surface area (Å²) in [6, 6.07) is 9.63. The van der Waals surface area contributed by atoms with Gasteiger partial charge >= 0.3 is 5.97 Å². The first-order valence-corrected chi connectivity index (χ1v) is 6.83. The zero-order chi connectivity index (χ0) is 14.1. The van der Waals surface area contributed by atoms with Crippen molar-refractivity contribution in [1.82, 2.24) is 0 Å². The minimum absolute atomic E-state index is 0.206. The van der Waals surface area contributed by atoms with Gasteiger partial charge in [-0.2, -0.15) is 0 Å². The second-order valence-electron chi connectivity index (χ2n) is 4.95. The van der Waals surface area contributed by atoms with Gasteiger partial charge in [0.25, 0.3) is 0 Å². The van der Waals surface area contributed by atoms with E-state index in [-0.39, 0.29) is 12.1 Å². The van der Waals surface area contributed by atoms with Crippen molar-refractivity contribution in [2.24, 2.45) is 5.92 Å². The molecule has 0 amide bonds. The number of carbonyl (C=O) groups is 1. The highest BCUT2D eigenvalue weighted by molar-refractivity contribution is 5.73. The fraction of sp³-hybridized carbons (Fsp3) is 0.471. The molecular formula is C17H22O2. The van der Waals surface area contributed by atoms with Gasteiger partial charge in [-0.15, -0.1) is 0 Å². The van der Waals surface area contributed by atoms with Crippen LogP contribution in [0.2, 0.25) is 0 Å². The van der Waals surface area contributed by atoms with E-state index in [1.165, 1.54) is 0 Å². The Bertz CT molecular complexity index is 437. The van der Waals surface area contributed by atoms with Crippen molar-refractivity contribution in [2.75, 3.05) is 0 Å². The van der Waals surface area contributed by atoms with Gasteiger partial charge in [0.2, 0.25) is 0 Å². The van der Waals surface area contributed by atoms with Crippen LogP contribution in [0.4, 0.5) is 0 Å². The molecule has 0 fully saturated rings. The van der Waals surface area contributed by atoms with Crippen molar-refractivity contribution in [2.45, 2.75) is 46.1 Å². The normalized spacial score (nSPS) is 11.6. The summed E-state index contributed by atoms with van der Waals surface area (Å²) in [5.41, 5.74) is 0.972. The standard InChI is InChI=1S/C17H22O2/c1-4-5-11-16(12-14(2)3)19-17(18)13-15-9-7-6-8-10-15/h6-10,14,16H,4,12-13H2,1-3H3. The summed E-state index contributed by atoms with van der Waals surface area (Å²) in [5.74, 6) is 6.27. The Balaban J connectivity index is 2.55. The summed E-state index contributed by atoms with van der Waals surface area (Å²) in [6.07, 6.45) is 1.60. The monoisotopic (exact) mass is 258 g/mol. The molecule has 0 spiro atoms. The second-order valence-corrected chi connectivity index (χ2v) is 4.95. The van der Waals surface area contributed by atoms with Crippen molar-refractivity contribution in [3.63, 3.8) is 0 Å². The lowest BCUT2D eigenvalue weighted by atomic mass is 10.1. The average Bonchev–Trinajstić information content (AvgIpc) is 2.36. The van der Waals surface area contributed by atoms with E-state index in [2.05, 4.69) is 25.7 Å². The van der Waals surface area contributed by atoms with Crippen LogP contribution in [0.5, 0.6) is 0 Å². The molecule has 0 aliphatic rings. The van der Waals surface area contributed by atoms with E-state index in [1.807, 2.05) is 37.3 Å². The number of esters is 1. The molecule has 0 bridgehead atoms. The topological polar surface area (TPSA) is 26.3 Å². The molecule has 1 rings (SSSR count). The summed E-state index contributed by atoms with van der Waals surface area (Å²) >= 11 is 0. The lowest BCUT2D eigenvalue weighted by Gasteiger charge is -2.14. The Hall–Kier alpha value is -1.75. The van der Waals surface area contributed by atoms with E-state index in [0.717, 1.165) is 18.4 Å². The molecule has 0 saturated carbocycles. The Morgan fingerprint density at radius 3 is 2.53 bits per heavy atom. The summed E-state index contributed by atoms with van der Waals surface area (Å²) in [7, 11) is 0. The molecular weight excluding hydrogens is 236 g/mol. The second kappa shape index (κ2) is 8.37. The number of rotatable bonds is 5. The smallest absolute Gasteiger partial charge is 0.311 e. The Morgan fingerprint density at radius 2 is 1.95 bits per heavy atom. The molecule has 19 heavy (non-hydrogen) atoms. The van der Waals surface area contributed by atoms with Gasteiger partial charge in [-0.25, -0.2) is 0 Å². The summed E-state index contributed by atoms with van der Waals surface area (Å²) in [4.78, 5) is 11.9. The van der Waals surface area contributed by atoms with Crippen LogP contribution >= 0.6 is 0 Å². The van der Waals surface area contributed by atoms with Crippen LogP contribution < -0.4 is 0 Å². The maximum atomic E-state index is 11.9. The number of hydrogen-bond donors (Lipinski definition) is 0. The van der Waals surface area contributed by atoms with E-state index in [0.29, 0.717) is 12.3 Å². The Kier molecular flexibility index (Phi) is 6.74. The fourth-order valence-corrected chi connectivity index (χ4v) is 1.74. The zero-order valence-corrected chi connectivity index (χ0v) is 12.0. The third kappa shape index (κ3) is 6.67.